The van der Waals surface area contributed by atoms with Crippen LogP contribution in [-0.2, 0) is 6.42 Å². The summed E-state index contributed by atoms with van der Waals surface area (Å²) in [4.78, 5) is 0. The van der Waals surface area contributed by atoms with E-state index in [1.165, 1.54) is 12.1 Å². The molecule has 0 aliphatic carbocycles. The summed E-state index contributed by atoms with van der Waals surface area (Å²) in [7, 11) is 1.68. The lowest BCUT2D eigenvalue weighted by Gasteiger charge is -2.21. The highest BCUT2D eigenvalue weighted by atomic mass is 19.1. The number of halogens is 2. The highest BCUT2D eigenvalue weighted by Crippen LogP contribution is 2.30. The number of hydrogen-bond donors (Lipinski definition) is 1. The molecule has 1 atom stereocenters. The van der Waals surface area contributed by atoms with E-state index in [0.29, 0.717) is 12.0 Å². The van der Waals surface area contributed by atoms with Gasteiger partial charge in [0.05, 0.1) is 17.4 Å². The van der Waals surface area contributed by atoms with Gasteiger partial charge in [0.1, 0.15) is 11.6 Å². The zero-order valence-electron chi connectivity index (χ0n) is 12.7. The Balaban J connectivity index is 2.66. The maximum atomic E-state index is 14.4. The van der Waals surface area contributed by atoms with Crippen LogP contribution in [0.2, 0.25) is 0 Å². The first-order valence-corrected chi connectivity index (χ1v) is 6.94. The Kier molecular flexibility index (Phi) is 4.63. The third-order valence-electron chi connectivity index (χ3n) is 3.57. The normalized spacial score (nSPS) is 12.5. The number of benzene rings is 1. The van der Waals surface area contributed by atoms with Gasteiger partial charge in [-0.25, -0.2) is 8.78 Å². The van der Waals surface area contributed by atoms with E-state index in [0.717, 1.165) is 17.0 Å². The molecule has 1 N–H and O–H groups in total. The Morgan fingerprint density at radius 2 is 1.90 bits per heavy atom. The van der Waals surface area contributed by atoms with E-state index in [4.69, 9.17) is 0 Å². The first kappa shape index (κ1) is 15.5. The molecule has 1 aromatic carbocycles. The molecule has 112 valence electrons. The zero-order chi connectivity index (χ0) is 15.6. The van der Waals surface area contributed by atoms with Crippen LogP contribution in [-0.4, -0.2) is 17.2 Å². The minimum absolute atomic E-state index is 0.0274. The number of rotatable bonds is 4. The molecular weight excluding hydrogens is 272 g/mol. The fraction of sp³-hybridized carbons (Fsp3) is 0.375. The summed E-state index contributed by atoms with van der Waals surface area (Å²) >= 11 is 0. The Labute approximate surface area is 123 Å². The predicted molar refractivity (Wildman–Crippen MR) is 78.1 cm³/mol. The smallest absolute Gasteiger partial charge is 0.134 e. The fourth-order valence-electron chi connectivity index (χ4n) is 2.46. The van der Waals surface area contributed by atoms with Crippen molar-refractivity contribution in [1.29, 1.82) is 0 Å². The third-order valence-corrected chi connectivity index (χ3v) is 3.57. The minimum Gasteiger partial charge on any atom is -0.309 e. The van der Waals surface area contributed by atoms with Crippen molar-refractivity contribution < 1.29 is 8.78 Å². The molecule has 1 unspecified atom stereocenters. The van der Waals surface area contributed by atoms with Crippen LogP contribution < -0.4 is 5.32 Å². The standard InChI is InChI=1S/C16H19F2N3/c1-5-13-11(8-10(3)20-21-13)16(19-4)14-12(17)7-6-9(2)15(14)18/h6-8,16,19H,5H2,1-4H3. The molecule has 5 heteroatoms. The van der Waals surface area contributed by atoms with Crippen LogP contribution >= 0.6 is 0 Å². The van der Waals surface area contributed by atoms with E-state index in [1.807, 2.05) is 19.9 Å². The van der Waals surface area contributed by atoms with Gasteiger partial charge in [-0.15, -0.1) is 0 Å². The molecule has 0 radical (unpaired) electrons. The van der Waals surface area contributed by atoms with Gasteiger partial charge < -0.3 is 5.32 Å². The molecule has 0 amide bonds. The Bertz CT molecular complexity index is 656. The molecule has 0 saturated heterocycles. The van der Waals surface area contributed by atoms with E-state index in [9.17, 15) is 8.78 Å². The van der Waals surface area contributed by atoms with E-state index in [1.54, 1.807) is 14.0 Å². The second kappa shape index (κ2) is 6.26. The molecule has 2 aromatic rings. The molecule has 0 aliphatic heterocycles. The van der Waals surface area contributed by atoms with Crippen molar-refractivity contribution in [2.45, 2.75) is 33.2 Å². The van der Waals surface area contributed by atoms with Crippen LogP contribution in [0.25, 0.3) is 0 Å². The largest absolute Gasteiger partial charge is 0.309 e. The first-order chi connectivity index (χ1) is 9.99. The second-order valence-corrected chi connectivity index (χ2v) is 5.05. The number of nitrogens with one attached hydrogen (secondary N) is 1. The molecule has 3 nitrogen and oxygen atoms in total. The average molecular weight is 291 g/mol. The van der Waals surface area contributed by atoms with Crippen molar-refractivity contribution in [3.63, 3.8) is 0 Å². The molecule has 0 fully saturated rings. The van der Waals surface area contributed by atoms with Crippen molar-refractivity contribution in [2.75, 3.05) is 7.05 Å². The van der Waals surface area contributed by atoms with Gasteiger partial charge >= 0.3 is 0 Å². The maximum Gasteiger partial charge on any atom is 0.134 e. The van der Waals surface area contributed by atoms with Crippen LogP contribution in [0.4, 0.5) is 8.78 Å². The molecule has 2 rings (SSSR count). The van der Waals surface area contributed by atoms with Gasteiger partial charge in [-0.2, -0.15) is 10.2 Å². The highest BCUT2D eigenvalue weighted by Gasteiger charge is 2.24. The van der Waals surface area contributed by atoms with E-state index < -0.39 is 17.7 Å². The van der Waals surface area contributed by atoms with Crippen LogP contribution in [0.15, 0.2) is 18.2 Å². The monoisotopic (exact) mass is 291 g/mol. The van der Waals surface area contributed by atoms with Crippen molar-refractivity contribution in [1.82, 2.24) is 15.5 Å². The van der Waals surface area contributed by atoms with Gasteiger partial charge in [-0.1, -0.05) is 13.0 Å². The van der Waals surface area contributed by atoms with E-state index >= 15 is 0 Å². The highest BCUT2D eigenvalue weighted by molar-refractivity contribution is 5.38. The molecule has 0 spiro atoms. The van der Waals surface area contributed by atoms with Gasteiger partial charge in [-0.05, 0) is 50.6 Å². The molecule has 1 aromatic heterocycles. The minimum atomic E-state index is -0.589. The van der Waals surface area contributed by atoms with Crippen molar-refractivity contribution in [2.24, 2.45) is 0 Å². The lowest BCUT2D eigenvalue weighted by molar-refractivity contribution is 0.514. The Hall–Kier alpha value is -1.88. The van der Waals surface area contributed by atoms with Gasteiger partial charge in [0.25, 0.3) is 0 Å². The third kappa shape index (κ3) is 2.93. The number of hydrogen-bond acceptors (Lipinski definition) is 3. The summed E-state index contributed by atoms with van der Waals surface area (Å²) in [5, 5.41) is 11.2. The molecule has 0 aliphatic rings. The lowest BCUT2D eigenvalue weighted by Crippen LogP contribution is -2.23. The molecule has 21 heavy (non-hydrogen) atoms. The number of nitrogens with zero attached hydrogens (tertiary/aromatic N) is 2. The molecule has 0 saturated carbocycles. The summed E-state index contributed by atoms with van der Waals surface area (Å²) in [6, 6.07) is 3.98. The summed E-state index contributed by atoms with van der Waals surface area (Å²) in [6.07, 6.45) is 0.649. The van der Waals surface area contributed by atoms with Crippen molar-refractivity contribution in [3.05, 3.63) is 57.9 Å². The topological polar surface area (TPSA) is 37.8 Å². The zero-order valence-corrected chi connectivity index (χ0v) is 12.7. The average Bonchev–Trinajstić information content (AvgIpc) is 2.47. The fourth-order valence-corrected chi connectivity index (χ4v) is 2.46. The summed E-state index contributed by atoms with van der Waals surface area (Å²) < 4.78 is 28.6. The summed E-state index contributed by atoms with van der Waals surface area (Å²) in [5.41, 5.74) is 2.66. The lowest BCUT2D eigenvalue weighted by atomic mass is 9.94. The summed E-state index contributed by atoms with van der Waals surface area (Å²) in [5.74, 6) is -1.08. The Morgan fingerprint density at radius 1 is 1.19 bits per heavy atom. The maximum absolute atomic E-state index is 14.4. The van der Waals surface area contributed by atoms with Crippen molar-refractivity contribution in [3.8, 4) is 0 Å². The predicted octanol–water partition coefficient (Wildman–Crippen LogP) is 3.24. The van der Waals surface area contributed by atoms with Crippen molar-refractivity contribution >= 4 is 0 Å². The SMILES string of the molecule is CCc1nnc(C)cc1C(NC)c1c(F)ccc(C)c1F. The first-order valence-electron chi connectivity index (χ1n) is 6.94. The van der Waals surface area contributed by atoms with E-state index in [-0.39, 0.29) is 5.56 Å². The van der Waals surface area contributed by atoms with Gasteiger partial charge in [0.2, 0.25) is 0 Å². The summed E-state index contributed by atoms with van der Waals surface area (Å²) in [6.45, 7) is 5.38. The Morgan fingerprint density at radius 3 is 2.52 bits per heavy atom. The second-order valence-electron chi connectivity index (χ2n) is 5.05. The number of aromatic nitrogens is 2. The van der Waals surface area contributed by atoms with Crippen LogP contribution in [0.1, 0.15) is 41.0 Å². The quantitative estimate of drug-likeness (QED) is 0.939. The molecule has 1 heterocycles. The molecule has 0 bridgehead atoms. The van der Waals surface area contributed by atoms with Crippen LogP contribution in [0.5, 0.6) is 0 Å². The van der Waals surface area contributed by atoms with Crippen LogP contribution in [0, 0.1) is 25.5 Å². The number of aryl methyl sites for hydroxylation is 3. The van der Waals surface area contributed by atoms with Gasteiger partial charge in [0.15, 0.2) is 0 Å². The van der Waals surface area contributed by atoms with Crippen LogP contribution in [0.3, 0.4) is 0 Å². The van der Waals surface area contributed by atoms with E-state index in [2.05, 4.69) is 15.5 Å². The van der Waals surface area contributed by atoms with Gasteiger partial charge in [0, 0.05) is 5.56 Å². The van der Waals surface area contributed by atoms with Gasteiger partial charge in [-0.3, -0.25) is 0 Å². The molecular formula is C16H19F2N3.